The van der Waals surface area contributed by atoms with Gasteiger partial charge in [-0.25, -0.2) is 0 Å². The average Bonchev–Trinajstić information content (AvgIpc) is 2.04. The molecule has 0 aliphatic carbocycles. The van der Waals surface area contributed by atoms with Gasteiger partial charge in [-0.2, -0.15) is 3.95 Å². The minimum Gasteiger partial charge on any atom is -0.162 e. The van der Waals surface area contributed by atoms with Crippen molar-refractivity contribution in [3.8, 4) is 0 Å². The summed E-state index contributed by atoms with van der Waals surface area (Å²) in [6.07, 6.45) is 1.68. The fourth-order valence-electron chi connectivity index (χ4n) is 1.11. The van der Waals surface area contributed by atoms with Crippen molar-refractivity contribution >= 4 is 24.5 Å². The van der Waals surface area contributed by atoms with Crippen molar-refractivity contribution in [2.75, 3.05) is 0 Å². The molecule has 2 rings (SSSR count). The molecule has 1 heterocycles. The zero-order chi connectivity index (χ0) is 7.68. The summed E-state index contributed by atoms with van der Waals surface area (Å²) in [4.78, 5) is 4.17. The molecule has 1 aromatic carbocycles. The van der Waals surface area contributed by atoms with Gasteiger partial charge in [0.15, 0.2) is 5.69 Å². The molecule has 0 bridgehead atoms. The number of aliphatic imine (C=N–C) groups is 1. The number of rotatable bonds is 0. The molecule has 1 aliphatic rings. The van der Waals surface area contributed by atoms with Gasteiger partial charge < -0.3 is 0 Å². The van der Waals surface area contributed by atoms with Crippen LogP contribution in [0.2, 0.25) is 0 Å². The van der Waals surface area contributed by atoms with Gasteiger partial charge in [-0.05, 0) is 11.1 Å². The average molecular weight is 163 g/mol. The maximum absolute atomic E-state index is 4.95. The Bertz CT molecular complexity index is 331. The van der Waals surface area contributed by atoms with Crippen LogP contribution in [0.25, 0.3) is 0 Å². The van der Waals surface area contributed by atoms with Gasteiger partial charge in [0.05, 0.1) is 0 Å². The van der Waals surface area contributed by atoms with Crippen LogP contribution in [0.3, 0.4) is 0 Å². The van der Waals surface area contributed by atoms with Gasteiger partial charge in [0, 0.05) is 5.56 Å². The summed E-state index contributed by atoms with van der Waals surface area (Å²) in [6.45, 7) is 0.787. The highest BCUT2D eigenvalue weighted by Crippen LogP contribution is 2.21. The maximum atomic E-state index is 4.95. The van der Waals surface area contributed by atoms with Crippen molar-refractivity contribution in [3.05, 3.63) is 29.8 Å². The van der Waals surface area contributed by atoms with E-state index in [0.717, 1.165) is 12.2 Å². The first-order chi connectivity index (χ1) is 5.36. The lowest BCUT2D eigenvalue weighted by molar-refractivity contribution is -0.384. The van der Waals surface area contributed by atoms with Crippen molar-refractivity contribution in [1.82, 2.24) is 0 Å². The Labute approximate surface area is 70.4 Å². The molecule has 0 fully saturated rings. The van der Waals surface area contributed by atoms with E-state index in [-0.39, 0.29) is 0 Å². The van der Waals surface area contributed by atoms with E-state index in [1.807, 2.05) is 24.3 Å². The van der Waals surface area contributed by atoms with Gasteiger partial charge >= 0.3 is 0 Å². The van der Waals surface area contributed by atoms with Gasteiger partial charge in [-0.3, -0.25) is 0 Å². The van der Waals surface area contributed by atoms with Crippen LogP contribution < -0.4 is 0 Å². The molecule has 1 aliphatic heterocycles. The van der Waals surface area contributed by atoms with Crippen LogP contribution in [0.5, 0.6) is 0 Å². The lowest BCUT2D eigenvalue weighted by Gasteiger charge is -2.01. The third-order valence-electron chi connectivity index (χ3n) is 1.64. The van der Waals surface area contributed by atoms with E-state index in [2.05, 4.69) is 4.99 Å². The molecule has 0 aromatic heterocycles. The second-order valence-corrected chi connectivity index (χ2v) is 2.92. The standard InChI is InChI=1S/C8H7N2S/c11-10-5-7-3-1-2-4-8(7)9-6-10/h1-4,6H,5H2/q+1. The van der Waals surface area contributed by atoms with Gasteiger partial charge in [0.1, 0.15) is 19.0 Å². The number of para-hydroxylation sites is 1. The van der Waals surface area contributed by atoms with Crippen molar-refractivity contribution in [2.24, 2.45) is 4.99 Å². The Hall–Kier alpha value is -1.09. The normalized spacial score (nSPS) is 14.7. The molecule has 0 spiro atoms. The zero-order valence-electron chi connectivity index (χ0n) is 5.90. The second-order valence-electron chi connectivity index (χ2n) is 2.45. The number of hydrogen-bond donors (Lipinski definition) is 0. The largest absolute Gasteiger partial charge is 0.299 e. The highest BCUT2D eigenvalue weighted by Gasteiger charge is 2.13. The number of nitrogens with zero attached hydrogens (tertiary/aromatic N) is 2. The van der Waals surface area contributed by atoms with Crippen molar-refractivity contribution in [2.45, 2.75) is 6.54 Å². The van der Waals surface area contributed by atoms with Gasteiger partial charge in [-0.15, -0.1) is 0 Å². The summed E-state index contributed by atoms with van der Waals surface area (Å²) < 4.78 is 1.66. The first-order valence-corrected chi connectivity index (χ1v) is 3.78. The summed E-state index contributed by atoms with van der Waals surface area (Å²) in [7, 11) is 0. The third kappa shape index (κ3) is 1.19. The molecule has 2 nitrogen and oxygen atoms in total. The molecule has 0 saturated heterocycles. The summed E-state index contributed by atoms with van der Waals surface area (Å²) in [5.41, 5.74) is 2.23. The molecule has 0 radical (unpaired) electrons. The predicted molar refractivity (Wildman–Crippen MR) is 45.9 cm³/mol. The highest BCUT2D eigenvalue weighted by atomic mass is 32.1. The number of fused-ring (bicyclic) bond motifs is 1. The summed E-state index contributed by atoms with van der Waals surface area (Å²) in [6, 6.07) is 8.03. The van der Waals surface area contributed by atoms with E-state index >= 15 is 0 Å². The minimum absolute atomic E-state index is 0.787. The number of hydrogen-bond acceptors (Lipinski definition) is 2. The number of benzene rings is 1. The van der Waals surface area contributed by atoms with E-state index in [1.54, 1.807) is 10.3 Å². The van der Waals surface area contributed by atoms with Gasteiger partial charge in [0.25, 0.3) is 6.34 Å². The third-order valence-corrected chi connectivity index (χ3v) is 1.87. The van der Waals surface area contributed by atoms with Crippen LogP contribution in [0.1, 0.15) is 5.56 Å². The van der Waals surface area contributed by atoms with Crippen molar-refractivity contribution in [3.63, 3.8) is 0 Å². The Morgan fingerprint density at radius 1 is 1.36 bits per heavy atom. The van der Waals surface area contributed by atoms with E-state index in [9.17, 15) is 0 Å². The second kappa shape index (κ2) is 2.51. The fourth-order valence-corrected chi connectivity index (χ4v) is 1.29. The van der Waals surface area contributed by atoms with Gasteiger partial charge in [-0.1, -0.05) is 18.2 Å². The molecule has 0 saturated carbocycles. The predicted octanol–water partition coefficient (Wildman–Crippen LogP) is 1.60. The summed E-state index contributed by atoms with van der Waals surface area (Å²) in [5.74, 6) is 0. The van der Waals surface area contributed by atoms with Crippen LogP contribution in [0.4, 0.5) is 5.69 Å². The molecule has 54 valence electrons. The molecule has 1 aromatic rings. The van der Waals surface area contributed by atoms with Crippen molar-refractivity contribution in [1.29, 1.82) is 0 Å². The van der Waals surface area contributed by atoms with Crippen LogP contribution in [-0.2, 0) is 19.0 Å². The highest BCUT2D eigenvalue weighted by molar-refractivity contribution is 7.44. The first-order valence-electron chi connectivity index (χ1n) is 3.42. The van der Waals surface area contributed by atoms with Crippen LogP contribution in [0, 0.1) is 0 Å². The SMILES string of the molecule is S=[N+]1C=Nc2ccccc2C1. The monoisotopic (exact) mass is 163 g/mol. The molecule has 11 heavy (non-hydrogen) atoms. The molecule has 0 unspecified atom stereocenters. The van der Waals surface area contributed by atoms with E-state index in [1.165, 1.54) is 5.56 Å². The molecule has 0 atom stereocenters. The van der Waals surface area contributed by atoms with Gasteiger partial charge in [0.2, 0.25) is 0 Å². The summed E-state index contributed by atoms with van der Waals surface area (Å²) in [5, 5.41) is 0. The smallest absolute Gasteiger partial charge is 0.162 e. The van der Waals surface area contributed by atoms with Crippen LogP contribution in [0.15, 0.2) is 29.3 Å². The molecular weight excluding hydrogens is 156 g/mol. The Kier molecular flexibility index (Phi) is 1.51. The van der Waals surface area contributed by atoms with Crippen LogP contribution >= 0.6 is 0 Å². The Balaban J connectivity index is 2.54. The lowest BCUT2D eigenvalue weighted by Crippen LogP contribution is -2.08. The topological polar surface area (TPSA) is 15.4 Å². The maximum Gasteiger partial charge on any atom is 0.299 e. The summed E-state index contributed by atoms with van der Waals surface area (Å²) >= 11 is 4.95. The van der Waals surface area contributed by atoms with E-state index in [0.29, 0.717) is 0 Å². The van der Waals surface area contributed by atoms with Crippen molar-refractivity contribution < 1.29 is 3.95 Å². The van der Waals surface area contributed by atoms with Crippen LogP contribution in [-0.4, -0.2) is 10.3 Å². The molecule has 3 heteroatoms. The quantitative estimate of drug-likeness (QED) is 0.530. The molecule has 0 amide bonds. The first kappa shape index (κ1) is 6.61. The molecule has 0 N–H and O–H groups in total. The Morgan fingerprint density at radius 2 is 2.18 bits per heavy atom. The zero-order valence-corrected chi connectivity index (χ0v) is 6.71. The van der Waals surface area contributed by atoms with E-state index < -0.39 is 0 Å². The Morgan fingerprint density at radius 3 is 3.09 bits per heavy atom. The minimum atomic E-state index is 0.787. The molecular formula is C8H7N2S+. The van der Waals surface area contributed by atoms with E-state index in [4.69, 9.17) is 12.4 Å². The fraction of sp³-hybridized carbons (Fsp3) is 0.125. The lowest BCUT2D eigenvalue weighted by atomic mass is 10.1.